The topological polar surface area (TPSA) is 120 Å². The molecule has 30 heavy (non-hydrogen) atoms. The molecule has 2 amide bonds. The van der Waals surface area contributed by atoms with Gasteiger partial charge in [0.1, 0.15) is 0 Å². The number of carboxylic acids is 1. The third-order valence-electron chi connectivity index (χ3n) is 6.03. The molecule has 1 aromatic carbocycles. The first kappa shape index (κ1) is 20.5. The number of aryl methyl sites for hydroxylation is 1. The van der Waals surface area contributed by atoms with Crippen LogP contribution in [0.15, 0.2) is 42.6 Å². The molecule has 0 spiro atoms. The van der Waals surface area contributed by atoms with Gasteiger partial charge in [-0.1, -0.05) is 23.7 Å². The number of aliphatic hydroxyl groups excluding tert-OH is 1. The zero-order valence-electron chi connectivity index (χ0n) is 16.2. The van der Waals surface area contributed by atoms with Crippen LogP contribution in [0.2, 0.25) is 5.02 Å². The summed E-state index contributed by atoms with van der Waals surface area (Å²) < 4.78 is 0. The van der Waals surface area contributed by atoms with E-state index in [2.05, 4.69) is 10.3 Å². The Morgan fingerprint density at radius 2 is 2.00 bits per heavy atom. The van der Waals surface area contributed by atoms with Gasteiger partial charge in [-0.05, 0) is 43.7 Å². The molecular weight excluding hydrogens is 410 g/mol. The lowest BCUT2D eigenvalue weighted by Crippen LogP contribution is -2.62. The highest BCUT2D eigenvalue weighted by Crippen LogP contribution is 2.50. The van der Waals surface area contributed by atoms with Crippen LogP contribution in [0.1, 0.15) is 24.2 Å². The first-order valence-corrected chi connectivity index (χ1v) is 9.82. The number of aliphatic hydroxyl groups is 1. The first-order valence-electron chi connectivity index (χ1n) is 9.44. The van der Waals surface area contributed by atoms with Crippen LogP contribution in [0, 0.1) is 18.8 Å². The number of carboxylic acid groups (broad SMARTS) is 1. The molecule has 2 aliphatic rings. The highest BCUT2D eigenvalue weighted by atomic mass is 35.5. The summed E-state index contributed by atoms with van der Waals surface area (Å²) in [6.45, 7) is 3.08. The SMILES string of the molecule is Cc1ccc(N2C(=O)C3C(c4ccccn4)NC(C(=O)O)(C(C)O)C3C2=O)cc1Cl. The fraction of sp³-hybridized carbons (Fsp3) is 0.333. The molecule has 3 heterocycles. The normalized spacial score (nSPS) is 29.2. The first-order chi connectivity index (χ1) is 14.2. The number of nitrogens with zero attached hydrogens (tertiary/aromatic N) is 2. The summed E-state index contributed by atoms with van der Waals surface area (Å²) in [6, 6.07) is 8.97. The maximum atomic E-state index is 13.4. The molecule has 0 saturated carbocycles. The molecule has 5 atom stereocenters. The van der Waals surface area contributed by atoms with Crippen molar-refractivity contribution in [3.63, 3.8) is 0 Å². The minimum atomic E-state index is -2.04. The Labute approximate surface area is 177 Å². The molecule has 4 rings (SSSR count). The maximum absolute atomic E-state index is 13.4. The summed E-state index contributed by atoms with van der Waals surface area (Å²) in [5.74, 6) is -5.01. The Balaban J connectivity index is 1.88. The lowest BCUT2D eigenvalue weighted by molar-refractivity contribution is -0.154. The zero-order valence-corrected chi connectivity index (χ0v) is 17.0. The van der Waals surface area contributed by atoms with Gasteiger partial charge in [0.05, 0.1) is 35.4 Å². The standard InChI is InChI=1S/C21H20ClN3O5/c1-10-6-7-12(9-13(10)22)25-18(27)15-16(19(25)28)21(11(2)26,20(29)30)24-17(15)14-5-3-4-8-23-14/h3-9,11,15-17,24,26H,1-2H3,(H,29,30). The van der Waals surface area contributed by atoms with Gasteiger partial charge in [0.15, 0.2) is 5.54 Å². The Bertz CT molecular complexity index is 1040. The summed E-state index contributed by atoms with van der Waals surface area (Å²) in [7, 11) is 0. The van der Waals surface area contributed by atoms with Crippen molar-refractivity contribution >= 4 is 35.1 Å². The van der Waals surface area contributed by atoms with Crippen molar-refractivity contribution in [2.24, 2.45) is 11.8 Å². The number of carbonyl (C=O) groups is 3. The van der Waals surface area contributed by atoms with Crippen molar-refractivity contribution in [1.82, 2.24) is 10.3 Å². The highest BCUT2D eigenvalue weighted by Gasteiger charge is 2.70. The number of aliphatic carboxylic acids is 1. The molecule has 9 heteroatoms. The Morgan fingerprint density at radius 1 is 1.27 bits per heavy atom. The number of rotatable bonds is 4. The van der Waals surface area contributed by atoms with Gasteiger partial charge in [0.2, 0.25) is 11.8 Å². The molecule has 2 aromatic rings. The van der Waals surface area contributed by atoms with Crippen LogP contribution in [0.5, 0.6) is 0 Å². The molecule has 0 radical (unpaired) electrons. The molecule has 2 saturated heterocycles. The number of hydrogen-bond donors (Lipinski definition) is 3. The van der Waals surface area contributed by atoms with E-state index >= 15 is 0 Å². The molecule has 1 aromatic heterocycles. The van der Waals surface area contributed by atoms with Crippen LogP contribution >= 0.6 is 11.6 Å². The highest BCUT2D eigenvalue weighted by molar-refractivity contribution is 6.32. The van der Waals surface area contributed by atoms with Gasteiger partial charge < -0.3 is 10.2 Å². The minimum Gasteiger partial charge on any atom is -0.480 e. The Kier molecular flexibility index (Phi) is 4.88. The van der Waals surface area contributed by atoms with E-state index in [1.54, 1.807) is 37.3 Å². The van der Waals surface area contributed by atoms with Gasteiger partial charge in [-0.3, -0.25) is 24.7 Å². The molecular formula is C21H20ClN3O5. The third kappa shape index (κ3) is 2.75. The molecule has 5 unspecified atom stereocenters. The molecule has 8 nitrogen and oxygen atoms in total. The lowest BCUT2D eigenvalue weighted by atomic mass is 9.77. The number of amides is 2. The molecule has 3 N–H and O–H groups in total. The average molecular weight is 430 g/mol. The largest absolute Gasteiger partial charge is 0.480 e. The number of hydrogen-bond acceptors (Lipinski definition) is 6. The van der Waals surface area contributed by atoms with Crippen molar-refractivity contribution in [1.29, 1.82) is 0 Å². The van der Waals surface area contributed by atoms with Gasteiger partial charge in [0, 0.05) is 11.2 Å². The van der Waals surface area contributed by atoms with E-state index in [9.17, 15) is 24.6 Å². The second-order valence-corrected chi connectivity index (χ2v) is 8.08. The van der Waals surface area contributed by atoms with Crippen molar-refractivity contribution in [2.75, 3.05) is 4.90 Å². The number of fused-ring (bicyclic) bond motifs is 1. The number of pyridine rings is 1. The fourth-order valence-electron chi connectivity index (χ4n) is 4.49. The van der Waals surface area contributed by atoms with Crippen molar-refractivity contribution in [2.45, 2.75) is 31.5 Å². The van der Waals surface area contributed by atoms with E-state index in [0.29, 0.717) is 10.7 Å². The number of carbonyl (C=O) groups excluding carboxylic acids is 2. The van der Waals surface area contributed by atoms with E-state index in [4.69, 9.17) is 11.6 Å². The van der Waals surface area contributed by atoms with Crippen LogP contribution in [-0.2, 0) is 14.4 Å². The second-order valence-electron chi connectivity index (χ2n) is 7.68. The minimum absolute atomic E-state index is 0.264. The summed E-state index contributed by atoms with van der Waals surface area (Å²) >= 11 is 6.18. The number of aromatic nitrogens is 1. The monoisotopic (exact) mass is 429 g/mol. The lowest BCUT2D eigenvalue weighted by Gasteiger charge is -2.33. The summed E-state index contributed by atoms with van der Waals surface area (Å²) in [5, 5.41) is 23.7. The number of anilines is 1. The van der Waals surface area contributed by atoms with Gasteiger partial charge in [-0.25, -0.2) is 4.90 Å². The fourth-order valence-corrected chi connectivity index (χ4v) is 4.66. The Hall–Kier alpha value is -2.81. The van der Waals surface area contributed by atoms with Crippen molar-refractivity contribution < 1.29 is 24.6 Å². The van der Waals surface area contributed by atoms with Gasteiger partial charge in [0.25, 0.3) is 0 Å². The Morgan fingerprint density at radius 3 is 2.57 bits per heavy atom. The molecule has 2 fully saturated rings. The van der Waals surface area contributed by atoms with Crippen molar-refractivity contribution in [3.05, 3.63) is 58.9 Å². The van der Waals surface area contributed by atoms with Crippen LogP contribution in [0.4, 0.5) is 5.69 Å². The summed E-state index contributed by atoms with van der Waals surface area (Å²) in [4.78, 5) is 44.4. The summed E-state index contributed by atoms with van der Waals surface area (Å²) in [5.41, 5.74) is -0.583. The van der Waals surface area contributed by atoms with Gasteiger partial charge in [-0.15, -0.1) is 0 Å². The van der Waals surface area contributed by atoms with E-state index < -0.39 is 47.3 Å². The van der Waals surface area contributed by atoms with E-state index in [1.165, 1.54) is 19.2 Å². The van der Waals surface area contributed by atoms with Crippen LogP contribution in [0.3, 0.4) is 0 Å². The number of imide groups is 1. The third-order valence-corrected chi connectivity index (χ3v) is 6.44. The van der Waals surface area contributed by atoms with Crippen molar-refractivity contribution in [3.8, 4) is 0 Å². The van der Waals surface area contributed by atoms with E-state index in [-0.39, 0.29) is 5.69 Å². The average Bonchev–Trinajstić information content (AvgIpc) is 3.20. The van der Waals surface area contributed by atoms with Gasteiger partial charge in [-0.2, -0.15) is 0 Å². The second kappa shape index (κ2) is 7.16. The number of halogens is 1. The molecule has 0 bridgehead atoms. The number of nitrogens with one attached hydrogen (secondary N) is 1. The maximum Gasteiger partial charge on any atom is 0.327 e. The smallest absolute Gasteiger partial charge is 0.327 e. The quantitative estimate of drug-likeness (QED) is 0.632. The van der Waals surface area contributed by atoms with E-state index in [0.717, 1.165) is 10.5 Å². The van der Waals surface area contributed by atoms with Crippen LogP contribution in [-0.4, -0.2) is 44.6 Å². The van der Waals surface area contributed by atoms with Crippen LogP contribution < -0.4 is 10.2 Å². The predicted molar refractivity (Wildman–Crippen MR) is 108 cm³/mol. The zero-order chi connectivity index (χ0) is 21.8. The molecule has 2 aliphatic heterocycles. The number of benzene rings is 1. The molecule has 156 valence electrons. The van der Waals surface area contributed by atoms with Crippen LogP contribution in [0.25, 0.3) is 0 Å². The summed E-state index contributed by atoms with van der Waals surface area (Å²) in [6.07, 6.45) is 0.0722. The predicted octanol–water partition coefficient (Wildman–Crippen LogP) is 1.70. The van der Waals surface area contributed by atoms with E-state index in [1.807, 2.05) is 0 Å². The van der Waals surface area contributed by atoms with Gasteiger partial charge >= 0.3 is 5.97 Å². The molecule has 0 aliphatic carbocycles.